The largest absolute Gasteiger partial charge is 0.396 e. The Morgan fingerprint density at radius 1 is 1.26 bits per heavy atom. The second kappa shape index (κ2) is 6.12. The third kappa shape index (κ3) is 2.44. The number of β-amino-alcohol motifs (C(OH)–C–C–N with tert-alkyl or cyclic N) is 1. The van der Waals surface area contributed by atoms with Crippen molar-refractivity contribution in [3.05, 3.63) is 65.2 Å². The lowest BCUT2D eigenvalue weighted by atomic mass is 9.95. The first kappa shape index (κ1) is 16.9. The van der Waals surface area contributed by atoms with Crippen LogP contribution >= 0.6 is 11.3 Å². The predicted octanol–water partition coefficient (Wildman–Crippen LogP) is 2.51. The molecule has 0 radical (unpaired) electrons. The highest BCUT2D eigenvalue weighted by Crippen LogP contribution is 2.68. The van der Waals surface area contributed by atoms with Crippen LogP contribution in [-0.2, 0) is 0 Å². The molecule has 2 N–H and O–H groups in total. The minimum Gasteiger partial charge on any atom is -0.396 e. The van der Waals surface area contributed by atoms with Crippen LogP contribution in [0.1, 0.15) is 21.8 Å². The fraction of sp³-hybridized carbons (Fsp3) is 0.333. The van der Waals surface area contributed by atoms with E-state index < -0.39 is 11.5 Å². The molecule has 27 heavy (non-hydrogen) atoms. The van der Waals surface area contributed by atoms with E-state index in [1.165, 1.54) is 0 Å². The number of benzene rings is 2. The Morgan fingerprint density at radius 3 is 2.85 bits per heavy atom. The summed E-state index contributed by atoms with van der Waals surface area (Å²) in [5, 5.41) is 20.7. The van der Waals surface area contributed by atoms with Gasteiger partial charge in [-0.25, -0.2) is 4.98 Å². The maximum Gasteiger partial charge on any atom is 0.254 e. The van der Waals surface area contributed by atoms with E-state index in [0.29, 0.717) is 18.7 Å². The molecule has 1 saturated carbocycles. The van der Waals surface area contributed by atoms with Gasteiger partial charge in [0.15, 0.2) is 0 Å². The summed E-state index contributed by atoms with van der Waals surface area (Å²) in [6.07, 6.45) is -0.633. The average molecular weight is 380 g/mol. The molecule has 1 saturated heterocycles. The SMILES string of the molecule is O=C(c1ccc2scnc2c1)N1C[C@H](O)[C@@]2(C1)[C@H](CO)[C@H]2c1ccccc1. The van der Waals surface area contributed by atoms with Gasteiger partial charge in [0.25, 0.3) is 5.91 Å². The lowest BCUT2D eigenvalue weighted by Crippen LogP contribution is -2.29. The number of aliphatic hydroxyl groups is 2. The van der Waals surface area contributed by atoms with Crippen LogP contribution in [0.2, 0.25) is 0 Å². The first-order valence-corrected chi connectivity index (χ1v) is 9.99. The van der Waals surface area contributed by atoms with Crippen molar-refractivity contribution in [3.63, 3.8) is 0 Å². The molecule has 1 aliphatic heterocycles. The van der Waals surface area contributed by atoms with E-state index in [4.69, 9.17) is 0 Å². The van der Waals surface area contributed by atoms with Crippen molar-refractivity contribution in [2.24, 2.45) is 11.3 Å². The molecule has 4 atom stereocenters. The summed E-state index contributed by atoms with van der Waals surface area (Å²) in [5.74, 6) is -0.0255. The van der Waals surface area contributed by atoms with Gasteiger partial charge in [0, 0.05) is 30.7 Å². The number of rotatable bonds is 3. The highest BCUT2D eigenvalue weighted by Gasteiger charge is 2.71. The van der Waals surface area contributed by atoms with Crippen molar-refractivity contribution in [1.29, 1.82) is 0 Å². The molecule has 2 fully saturated rings. The maximum atomic E-state index is 13.0. The van der Waals surface area contributed by atoms with Crippen LogP contribution in [0.3, 0.4) is 0 Å². The van der Waals surface area contributed by atoms with Crippen molar-refractivity contribution < 1.29 is 15.0 Å². The lowest BCUT2D eigenvalue weighted by molar-refractivity contribution is 0.0764. The molecule has 6 heteroatoms. The molecule has 5 rings (SSSR count). The highest BCUT2D eigenvalue weighted by atomic mass is 32.1. The smallest absolute Gasteiger partial charge is 0.254 e. The van der Waals surface area contributed by atoms with Gasteiger partial charge < -0.3 is 15.1 Å². The quantitative estimate of drug-likeness (QED) is 0.732. The van der Waals surface area contributed by atoms with E-state index in [1.807, 2.05) is 48.5 Å². The Hall–Kier alpha value is -2.28. The molecule has 2 aliphatic rings. The molecule has 0 unspecified atom stereocenters. The van der Waals surface area contributed by atoms with Gasteiger partial charge in [-0.15, -0.1) is 11.3 Å². The Morgan fingerprint density at radius 2 is 2.07 bits per heavy atom. The molecule has 1 spiro atoms. The van der Waals surface area contributed by atoms with E-state index in [-0.39, 0.29) is 24.3 Å². The molecule has 1 amide bonds. The molecule has 5 nitrogen and oxygen atoms in total. The van der Waals surface area contributed by atoms with Crippen LogP contribution in [0.25, 0.3) is 10.2 Å². The Kier molecular flexibility index (Phi) is 3.82. The number of nitrogens with zero attached hydrogens (tertiary/aromatic N) is 2. The zero-order valence-electron chi connectivity index (χ0n) is 14.7. The van der Waals surface area contributed by atoms with Crippen LogP contribution in [0.15, 0.2) is 54.0 Å². The van der Waals surface area contributed by atoms with Crippen molar-refractivity contribution in [3.8, 4) is 0 Å². The number of carbonyl (C=O) groups excluding carboxylic acids is 1. The summed E-state index contributed by atoms with van der Waals surface area (Å²) in [4.78, 5) is 19.1. The monoisotopic (exact) mass is 380 g/mol. The molecule has 138 valence electrons. The first-order chi connectivity index (χ1) is 13.1. The summed E-state index contributed by atoms with van der Waals surface area (Å²) in [6, 6.07) is 15.5. The Labute approximate surface area is 160 Å². The summed E-state index contributed by atoms with van der Waals surface area (Å²) in [6.45, 7) is 0.782. The van der Waals surface area contributed by atoms with Gasteiger partial charge in [0.1, 0.15) is 0 Å². The van der Waals surface area contributed by atoms with Gasteiger partial charge >= 0.3 is 0 Å². The number of fused-ring (bicyclic) bond motifs is 1. The normalized spacial score (nSPS) is 29.6. The maximum absolute atomic E-state index is 13.0. The number of amides is 1. The molecular weight excluding hydrogens is 360 g/mol. The molecule has 1 aliphatic carbocycles. The third-order valence-corrected chi connectivity index (χ3v) is 7.07. The van der Waals surface area contributed by atoms with Crippen molar-refractivity contribution in [1.82, 2.24) is 9.88 Å². The molecular formula is C21H20N2O3S. The van der Waals surface area contributed by atoms with Gasteiger partial charge in [-0.1, -0.05) is 30.3 Å². The topological polar surface area (TPSA) is 73.7 Å². The number of hydrogen-bond donors (Lipinski definition) is 2. The van der Waals surface area contributed by atoms with Crippen LogP contribution in [0, 0.1) is 11.3 Å². The second-order valence-electron chi connectivity index (χ2n) is 7.53. The van der Waals surface area contributed by atoms with E-state index in [9.17, 15) is 15.0 Å². The number of aromatic nitrogens is 1. The minimum absolute atomic E-state index is 0.0173. The summed E-state index contributed by atoms with van der Waals surface area (Å²) in [7, 11) is 0. The molecule has 3 aromatic rings. The van der Waals surface area contributed by atoms with Gasteiger partial charge in [-0.2, -0.15) is 0 Å². The average Bonchev–Trinajstić information content (AvgIpc) is 2.96. The van der Waals surface area contributed by atoms with E-state index in [1.54, 1.807) is 21.7 Å². The second-order valence-corrected chi connectivity index (χ2v) is 8.41. The lowest BCUT2D eigenvalue weighted by Gasteiger charge is -2.17. The minimum atomic E-state index is -0.633. The van der Waals surface area contributed by atoms with Gasteiger partial charge in [0.2, 0.25) is 0 Å². The standard InChI is InChI=1S/C21H20N2O3S/c24-10-15-19(13-4-2-1-3-5-13)21(15)11-23(9-18(21)25)20(26)14-6-7-17-16(8-14)22-12-27-17/h1-8,12,15,18-19,24-25H,9-11H2/t15-,18+,19-,21-/m1/s1. The number of aliphatic hydroxyl groups excluding tert-OH is 2. The van der Waals surface area contributed by atoms with E-state index in [2.05, 4.69) is 4.98 Å². The Bertz CT molecular complexity index is 1000. The molecule has 1 aromatic heterocycles. The van der Waals surface area contributed by atoms with E-state index in [0.717, 1.165) is 15.8 Å². The van der Waals surface area contributed by atoms with Crippen molar-refractivity contribution in [2.75, 3.05) is 19.7 Å². The zero-order chi connectivity index (χ0) is 18.6. The number of hydrogen-bond acceptors (Lipinski definition) is 5. The van der Waals surface area contributed by atoms with Gasteiger partial charge in [-0.05, 0) is 35.6 Å². The third-order valence-electron chi connectivity index (χ3n) is 6.26. The van der Waals surface area contributed by atoms with Gasteiger partial charge in [0.05, 0.1) is 21.8 Å². The Balaban J connectivity index is 1.43. The first-order valence-electron chi connectivity index (χ1n) is 9.11. The van der Waals surface area contributed by atoms with Crippen LogP contribution in [-0.4, -0.2) is 51.8 Å². The molecule has 2 aromatic carbocycles. The summed E-state index contributed by atoms with van der Waals surface area (Å²) in [5.41, 5.74) is 3.86. The van der Waals surface area contributed by atoms with Crippen LogP contribution < -0.4 is 0 Å². The number of carbonyl (C=O) groups is 1. The summed E-state index contributed by atoms with van der Waals surface area (Å²) < 4.78 is 1.05. The van der Waals surface area contributed by atoms with Gasteiger partial charge in [-0.3, -0.25) is 4.79 Å². The van der Waals surface area contributed by atoms with Crippen LogP contribution in [0.5, 0.6) is 0 Å². The number of thiazole rings is 1. The highest BCUT2D eigenvalue weighted by molar-refractivity contribution is 7.16. The fourth-order valence-corrected chi connectivity index (χ4v) is 5.56. The fourth-order valence-electron chi connectivity index (χ4n) is 4.90. The number of likely N-dealkylation sites (tertiary alicyclic amines) is 1. The van der Waals surface area contributed by atoms with E-state index >= 15 is 0 Å². The van der Waals surface area contributed by atoms with Crippen molar-refractivity contribution >= 4 is 27.5 Å². The van der Waals surface area contributed by atoms with Crippen LogP contribution in [0.4, 0.5) is 0 Å². The predicted molar refractivity (Wildman–Crippen MR) is 104 cm³/mol. The summed E-state index contributed by atoms with van der Waals surface area (Å²) >= 11 is 1.55. The molecule has 2 heterocycles. The zero-order valence-corrected chi connectivity index (χ0v) is 15.5. The molecule has 0 bridgehead atoms. The van der Waals surface area contributed by atoms with Crippen molar-refractivity contribution in [2.45, 2.75) is 12.0 Å².